The Morgan fingerprint density at radius 2 is 1.76 bits per heavy atom. The molecule has 0 aromatic heterocycles. The molecular weight excluding hydrogens is 292 g/mol. The van der Waals surface area contributed by atoms with Crippen LogP contribution in [0.5, 0.6) is 0 Å². The number of hydrogen-bond donors (Lipinski definition) is 1. The highest BCUT2D eigenvalue weighted by Crippen LogP contribution is 2.28. The average molecular weight is 311 g/mol. The molecule has 2 aromatic rings. The van der Waals surface area contributed by atoms with Crippen LogP contribution in [0.15, 0.2) is 30.3 Å². The molecule has 0 bridgehead atoms. The summed E-state index contributed by atoms with van der Waals surface area (Å²) < 4.78 is 41.9. The van der Waals surface area contributed by atoms with Gasteiger partial charge in [-0.15, -0.1) is 0 Å². The molecular formula is C16H19F2NOS. The van der Waals surface area contributed by atoms with Gasteiger partial charge in [-0.3, -0.25) is 0 Å². The summed E-state index contributed by atoms with van der Waals surface area (Å²) in [6, 6.07) is 6.77. The number of hydrogen-bond acceptors (Lipinski definition) is 1. The number of rotatable bonds is 3. The maximum absolute atomic E-state index is 13.8. The Morgan fingerprint density at radius 3 is 2.38 bits per heavy atom. The van der Waals surface area contributed by atoms with Crippen LogP contribution in [0.25, 0.3) is 10.8 Å². The van der Waals surface area contributed by atoms with E-state index >= 15 is 0 Å². The summed E-state index contributed by atoms with van der Waals surface area (Å²) in [6.07, 6.45) is 0. The van der Waals surface area contributed by atoms with Crippen LogP contribution >= 0.6 is 0 Å². The van der Waals surface area contributed by atoms with Crippen molar-refractivity contribution in [2.75, 3.05) is 0 Å². The Hall–Kier alpha value is -1.33. The molecule has 0 radical (unpaired) electrons. The van der Waals surface area contributed by atoms with E-state index in [0.29, 0.717) is 5.39 Å². The van der Waals surface area contributed by atoms with Gasteiger partial charge in [-0.2, -0.15) is 0 Å². The lowest BCUT2D eigenvalue weighted by molar-refractivity contribution is 0.613. The second-order valence-corrected chi connectivity index (χ2v) is 8.05. The van der Waals surface area contributed by atoms with E-state index in [4.69, 9.17) is 0 Å². The van der Waals surface area contributed by atoms with Crippen molar-refractivity contribution in [3.05, 3.63) is 47.5 Å². The Morgan fingerprint density at radius 1 is 1.10 bits per heavy atom. The topological polar surface area (TPSA) is 29.1 Å². The number of nitrogens with one attached hydrogen (secondary N) is 1. The van der Waals surface area contributed by atoms with E-state index in [9.17, 15) is 13.0 Å². The number of fused-ring (bicyclic) bond motifs is 1. The minimum atomic E-state index is -1.24. The lowest BCUT2D eigenvalue weighted by Gasteiger charge is -2.23. The Labute approximate surface area is 126 Å². The van der Waals surface area contributed by atoms with Crippen LogP contribution in [-0.2, 0) is 11.0 Å². The van der Waals surface area contributed by atoms with E-state index in [-0.39, 0.29) is 11.4 Å². The van der Waals surface area contributed by atoms with Gasteiger partial charge >= 0.3 is 0 Å². The fourth-order valence-corrected chi connectivity index (χ4v) is 2.89. The highest BCUT2D eigenvalue weighted by atomic mass is 32.2. The van der Waals surface area contributed by atoms with E-state index < -0.39 is 27.4 Å². The molecule has 0 saturated carbocycles. The van der Waals surface area contributed by atoms with Gasteiger partial charge in [-0.05, 0) is 56.8 Å². The summed E-state index contributed by atoms with van der Waals surface area (Å²) >= 11 is 0. The zero-order valence-corrected chi connectivity index (χ0v) is 13.4. The van der Waals surface area contributed by atoms with Crippen LogP contribution in [0.4, 0.5) is 8.78 Å². The van der Waals surface area contributed by atoms with Gasteiger partial charge in [0.15, 0.2) is 0 Å². The molecule has 2 nitrogen and oxygen atoms in total. The first-order chi connectivity index (χ1) is 9.70. The van der Waals surface area contributed by atoms with E-state index in [0.717, 1.165) is 5.56 Å². The average Bonchev–Trinajstić information content (AvgIpc) is 2.38. The predicted octanol–water partition coefficient (Wildman–Crippen LogP) is 4.23. The van der Waals surface area contributed by atoms with E-state index in [2.05, 4.69) is 4.72 Å². The minimum Gasteiger partial charge on any atom is -0.242 e. The molecule has 114 valence electrons. The summed E-state index contributed by atoms with van der Waals surface area (Å²) in [6.45, 7) is 7.49. The van der Waals surface area contributed by atoms with Gasteiger partial charge in [0.2, 0.25) is 0 Å². The van der Waals surface area contributed by atoms with Crippen LogP contribution in [0.3, 0.4) is 0 Å². The van der Waals surface area contributed by atoms with Crippen molar-refractivity contribution in [1.82, 2.24) is 4.72 Å². The van der Waals surface area contributed by atoms with Gasteiger partial charge in [0, 0.05) is 11.4 Å². The van der Waals surface area contributed by atoms with Crippen LogP contribution in [-0.4, -0.2) is 8.96 Å². The molecule has 0 aliphatic carbocycles. The van der Waals surface area contributed by atoms with Crippen molar-refractivity contribution < 1.29 is 13.0 Å². The molecule has 0 saturated heterocycles. The molecule has 0 aliphatic rings. The van der Waals surface area contributed by atoms with Crippen molar-refractivity contribution >= 4 is 21.8 Å². The summed E-state index contributed by atoms with van der Waals surface area (Å²) in [5.41, 5.74) is 0.795. The molecule has 0 spiro atoms. The summed E-state index contributed by atoms with van der Waals surface area (Å²) in [7, 11) is -1.24. The highest BCUT2D eigenvalue weighted by Gasteiger charge is 2.22. The third-order valence-corrected chi connectivity index (χ3v) is 4.95. The number of halogens is 2. The lowest BCUT2D eigenvalue weighted by atomic mass is 10.00. The molecule has 1 N–H and O–H groups in total. The third-order valence-electron chi connectivity index (χ3n) is 3.27. The van der Waals surface area contributed by atoms with E-state index in [1.807, 2.05) is 27.7 Å². The Bertz CT molecular complexity index is 694. The fourth-order valence-electron chi connectivity index (χ4n) is 2.09. The molecule has 21 heavy (non-hydrogen) atoms. The van der Waals surface area contributed by atoms with Crippen molar-refractivity contribution in [2.24, 2.45) is 0 Å². The van der Waals surface area contributed by atoms with E-state index in [1.54, 1.807) is 12.1 Å². The zero-order chi connectivity index (χ0) is 15.8. The van der Waals surface area contributed by atoms with Crippen LogP contribution < -0.4 is 4.72 Å². The summed E-state index contributed by atoms with van der Waals surface area (Å²) in [5.74, 6) is -0.935. The zero-order valence-electron chi connectivity index (χ0n) is 12.5. The maximum Gasteiger partial charge on any atom is 0.131 e. The molecule has 0 fully saturated rings. The minimum absolute atomic E-state index is 0.237. The summed E-state index contributed by atoms with van der Waals surface area (Å²) in [4.78, 5) is 0. The van der Waals surface area contributed by atoms with Crippen LogP contribution in [0.2, 0.25) is 0 Å². The first-order valence-electron chi connectivity index (χ1n) is 6.76. The van der Waals surface area contributed by atoms with Crippen molar-refractivity contribution in [3.8, 4) is 0 Å². The standard InChI is InChI=1S/C16H19F2NOS/c1-10(19-21(20)16(2,3)4)12-7-8-15(18)14-9-11(17)5-6-13(12)14/h5-10,19H,1-4H3/t10-,21+/m1/s1. The van der Waals surface area contributed by atoms with Gasteiger partial charge < -0.3 is 0 Å². The SMILES string of the molecule is C[C@@H](N[S@@](=O)C(C)(C)C)c1ccc(F)c2cc(F)ccc12. The normalized spacial score (nSPS) is 15.1. The smallest absolute Gasteiger partial charge is 0.131 e. The van der Waals surface area contributed by atoms with Gasteiger partial charge in [0.1, 0.15) is 11.6 Å². The van der Waals surface area contributed by atoms with Gasteiger partial charge in [0.05, 0.1) is 15.7 Å². The van der Waals surface area contributed by atoms with Crippen molar-refractivity contribution in [1.29, 1.82) is 0 Å². The monoisotopic (exact) mass is 311 g/mol. The number of benzene rings is 2. The van der Waals surface area contributed by atoms with Crippen LogP contribution in [0, 0.1) is 11.6 Å². The second kappa shape index (κ2) is 5.81. The molecule has 5 heteroatoms. The molecule has 2 aromatic carbocycles. The molecule has 0 heterocycles. The molecule has 2 atom stereocenters. The van der Waals surface area contributed by atoms with Crippen molar-refractivity contribution in [2.45, 2.75) is 38.5 Å². The van der Waals surface area contributed by atoms with Gasteiger partial charge in [0.25, 0.3) is 0 Å². The molecule has 0 unspecified atom stereocenters. The largest absolute Gasteiger partial charge is 0.242 e. The van der Waals surface area contributed by atoms with Crippen LogP contribution in [0.1, 0.15) is 39.3 Å². The van der Waals surface area contributed by atoms with Gasteiger partial charge in [-0.25, -0.2) is 17.7 Å². The maximum atomic E-state index is 13.8. The summed E-state index contributed by atoms with van der Waals surface area (Å²) in [5, 5.41) is 0.866. The first-order valence-corrected chi connectivity index (χ1v) is 7.91. The second-order valence-electron chi connectivity index (χ2n) is 6.05. The predicted molar refractivity (Wildman–Crippen MR) is 83.3 cm³/mol. The highest BCUT2D eigenvalue weighted by molar-refractivity contribution is 7.84. The quantitative estimate of drug-likeness (QED) is 0.903. The fraction of sp³-hybridized carbons (Fsp3) is 0.375. The molecule has 2 rings (SSSR count). The lowest BCUT2D eigenvalue weighted by Crippen LogP contribution is -2.34. The Kier molecular flexibility index (Phi) is 4.44. The molecule has 0 aliphatic heterocycles. The van der Waals surface area contributed by atoms with Crippen molar-refractivity contribution in [3.63, 3.8) is 0 Å². The molecule has 0 amide bonds. The van der Waals surface area contributed by atoms with E-state index in [1.165, 1.54) is 18.2 Å². The van der Waals surface area contributed by atoms with Gasteiger partial charge in [-0.1, -0.05) is 12.1 Å². The Balaban J connectivity index is 2.43. The third kappa shape index (κ3) is 3.47. The first kappa shape index (κ1) is 16.0.